The summed E-state index contributed by atoms with van der Waals surface area (Å²) in [6.45, 7) is 3.36. The van der Waals surface area contributed by atoms with Crippen LogP contribution in [-0.2, 0) is 4.74 Å². The Bertz CT molecular complexity index is 281. The van der Waals surface area contributed by atoms with Crippen LogP contribution in [0.2, 0.25) is 0 Å². The van der Waals surface area contributed by atoms with Gasteiger partial charge in [-0.3, -0.25) is 0 Å². The molecule has 0 aromatic rings. The Kier molecular flexibility index (Phi) is 4.48. The van der Waals surface area contributed by atoms with Crippen LogP contribution in [0, 0.1) is 5.92 Å². The van der Waals surface area contributed by atoms with Gasteiger partial charge in [-0.05, 0) is 63.8 Å². The van der Waals surface area contributed by atoms with Crippen molar-refractivity contribution in [2.24, 2.45) is 5.92 Å². The first kappa shape index (κ1) is 13.9. The highest BCUT2D eigenvalue weighted by molar-refractivity contribution is 4.92. The molecule has 3 aliphatic rings. The van der Waals surface area contributed by atoms with Gasteiger partial charge in [-0.1, -0.05) is 26.2 Å². The summed E-state index contributed by atoms with van der Waals surface area (Å²) in [4.78, 5) is 0. The highest BCUT2D eigenvalue weighted by Crippen LogP contribution is 2.43. The van der Waals surface area contributed by atoms with Crippen LogP contribution in [0.5, 0.6) is 0 Å². The Morgan fingerprint density at radius 2 is 1.89 bits per heavy atom. The maximum absolute atomic E-state index is 6.49. The van der Waals surface area contributed by atoms with E-state index in [9.17, 15) is 0 Å². The summed E-state index contributed by atoms with van der Waals surface area (Å²) in [6, 6.07) is 0.775. The van der Waals surface area contributed by atoms with Crippen molar-refractivity contribution >= 4 is 0 Å². The summed E-state index contributed by atoms with van der Waals surface area (Å²) >= 11 is 0. The molecule has 2 atom stereocenters. The molecular formula is C17H31NO. The highest BCUT2D eigenvalue weighted by atomic mass is 16.5. The molecule has 1 aliphatic heterocycles. The molecule has 2 aliphatic carbocycles. The normalized spacial score (nSPS) is 31.7. The first-order chi connectivity index (χ1) is 9.31. The third-order valence-corrected chi connectivity index (χ3v) is 5.56. The van der Waals surface area contributed by atoms with Crippen molar-refractivity contribution in [3.05, 3.63) is 0 Å². The van der Waals surface area contributed by atoms with Crippen LogP contribution in [0.15, 0.2) is 0 Å². The maximum Gasteiger partial charge on any atom is 0.0687 e. The second-order valence-corrected chi connectivity index (χ2v) is 7.10. The topological polar surface area (TPSA) is 21.3 Å². The van der Waals surface area contributed by atoms with Gasteiger partial charge in [0, 0.05) is 6.04 Å². The summed E-state index contributed by atoms with van der Waals surface area (Å²) < 4.78 is 6.49. The smallest absolute Gasteiger partial charge is 0.0687 e. The van der Waals surface area contributed by atoms with E-state index < -0.39 is 0 Å². The molecule has 19 heavy (non-hydrogen) atoms. The molecule has 1 spiro atoms. The van der Waals surface area contributed by atoms with Gasteiger partial charge in [0.2, 0.25) is 0 Å². The minimum absolute atomic E-state index is 0.316. The van der Waals surface area contributed by atoms with E-state index in [0.717, 1.165) is 18.5 Å². The lowest BCUT2D eigenvalue weighted by atomic mass is 9.83. The Labute approximate surface area is 118 Å². The largest absolute Gasteiger partial charge is 0.372 e. The molecule has 2 saturated carbocycles. The van der Waals surface area contributed by atoms with Gasteiger partial charge >= 0.3 is 0 Å². The minimum Gasteiger partial charge on any atom is -0.372 e. The molecule has 3 rings (SSSR count). The van der Waals surface area contributed by atoms with Gasteiger partial charge in [0.15, 0.2) is 0 Å². The molecule has 2 nitrogen and oxygen atoms in total. The molecule has 0 bridgehead atoms. The summed E-state index contributed by atoms with van der Waals surface area (Å²) in [5.41, 5.74) is 0.316. The van der Waals surface area contributed by atoms with Crippen LogP contribution in [-0.4, -0.2) is 24.3 Å². The standard InChI is InChI=1S/C17H31NO/c1-2-18-16(14-6-7-14)9-8-15-10-13-17(19-15)11-4-3-5-12-17/h14-16,18H,2-13H2,1H3. The van der Waals surface area contributed by atoms with Crippen LogP contribution in [0.25, 0.3) is 0 Å². The van der Waals surface area contributed by atoms with E-state index in [4.69, 9.17) is 4.74 Å². The van der Waals surface area contributed by atoms with Crippen LogP contribution >= 0.6 is 0 Å². The van der Waals surface area contributed by atoms with E-state index in [1.165, 1.54) is 70.6 Å². The quantitative estimate of drug-likeness (QED) is 0.782. The summed E-state index contributed by atoms with van der Waals surface area (Å²) in [5, 5.41) is 3.68. The number of hydrogen-bond donors (Lipinski definition) is 1. The second kappa shape index (κ2) is 6.13. The van der Waals surface area contributed by atoms with Crippen LogP contribution in [0.3, 0.4) is 0 Å². The van der Waals surface area contributed by atoms with Crippen molar-refractivity contribution in [3.63, 3.8) is 0 Å². The van der Waals surface area contributed by atoms with E-state index in [1.54, 1.807) is 0 Å². The van der Waals surface area contributed by atoms with Gasteiger partial charge in [-0.25, -0.2) is 0 Å². The number of rotatable bonds is 6. The third kappa shape index (κ3) is 3.52. The Morgan fingerprint density at radius 1 is 1.11 bits per heavy atom. The van der Waals surface area contributed by atoms with Crippen LogP contribution < -0.4 is 5.32 Å². The molecule has 2 unspecified atom stereocenters. The molecule has 3 fully saturated rings. The molecular weight excluding hydrogens is 234 g/mol. The van der Waals surface area contributed by atoms with Gasteiger partial charge in [0.05, 0.1) is 11.7 Å². The lowest BCUT2D eigenvalue weighted by Gasteiger charge is -2.33. The van der Waals surface area contributed by atoms with E-state index in [0.29, 0.717) is 11.7 Å². The zero-order valence-electron chi connectivity index (χ0n) is 12.6. The molecule has 1 saturated heterocycles. The summed E-state index contributed by atoms with van der Waals surface area (Å²) in [6.07, 6.45) is 15.7. The first-order valence-electron chi connectivity index (χ1n) is 8.72. The van der Waals surface area contributed by atoms with Crippen LogP contribution in [0.1, 0.15) is 77.6 Å². The molecule has 110 valence electrons. The first-order valence-corrected chi connectivity index (χ1v) is 8.72. The number of hydrogen-bond acceptors (Lipinski definition) is 2. The predicted molar refractivity (Wildman–Crippen MR) is 79.3 cm³/mol. The molecule has 1 N–H and O–H groups in total. The predicted octanol–water partition coefficient (Wildman–Crippen LogP) is 4.04. The Morgan fingerprint density at radius 3 is 2.58 bits per heavy atom. The van der Waals surface area contributed by atoms with Gasteiger partial charge in [-0.15, -0.1) is 0 Å². The van der Waals surface area contributed by atoms with E-state index >= 15 is 0 Å². The Hall–Kier alpha value is -0.0800. The summed E-state index contributed by atoms with van der Waals surface area (Å²) in [7, 11) is 0. The average molecular weight is 265 g/mol. The van der Waals surface area contributed by atoms with Crippen molar-refractivity contribution in [1.82, 2.24) is 5.32 Å². The summed E-state index contributed by atoms with van der Waals surface area (Å²) in [5.74, 6) is 0.977. The van der Waals surface area contributed by atoms with Crippen molar-refractivity contribution < 1.29 is 4.74 Å². The Balaban J connectivity index is 1.43. The average Bonchev–Trinajstić information content (AvgIpc) is 3.20. The molecule has 0 amide bonds. The SMILES string of the molecule is CCNC(CCC1CCC2(CCCCC2)O1)C1CC1. The minimum atomic E-state index is 0.316. The fourth-order valence-electron chi connectivity index (χ4n) is 4.29. The highest BCUT2D eigenvalue weighted by Gasteiger charge is 2.41. The van der Waals surface area contributed by atoms with Crippen molar-refractivity contribution in [2.75, 3.05) is 6.54 Å². The maximum atomic E-state index is 6.49. The fourth-order valence-corrected chi connectivity index (χ4v) is 4.29. The van der Waals surface area contributed by atoms with Crippen molar-refractivity contribution in [3.8, 4) is 0 Å². The van der Waals surface area contributed by atoms with Crippen molar-refractivity contribution in [1.29, 1.82) is 0 Å². The molecule has 0 aromatic carbocycles. The van der Waals surface area contributed by atoms with E-state index in [1.807, 2.05) is 0 Å². The van der Waals surface area contributed by atoms with Gasteiger partial charge in [0.1, 0.15) is 0 Å². The molecule has 0 radical (unpaired) electrons. The van der Waals surface area contributed by atoms with Gasteiger partial charge < -0.3 is 10.1 Å². The van der Waals surface area contributed by atoms with E-state index in [2.05, 4.69) is 12.2 Å². The van der Waals surface area contributed by atoms with Gasteiger partial charge in [-0.2, -0.15) is 0 Å². The van der Waals surface area contributed by atoms with E-state index in [-0.39, 0.29) is 0 Å². The third-order valence-electron chi connectivity index (χ3n) is 5.56. The molecule has 1 heterocycles. The second-order valence-electron chi connectivity index (χ2n) is 7.10. The zero-order valence-corrected chi connectivity index (χ0v) is 12.6. The van der Waals surface area contributed by atoms with Gasteiger partial charge in [0.25, 0.3) is 0 Å². The molecule has 2 heteroatoms. The lowest BCUT2D eigenvalue weighted by molar-refractivity contribution is -0.0666. The zero-order chi connectivity index (χ0) is 13.1. The number of ether oxygens (including phenoxy) is 1. The van der Waals surface area contributed by atoms with Crippen LogP contribution in [0.4, 0.5) is 0 Å². The lowest BCUT2D eigenvalue weighted by Crippen LogP contribution is -2.33. The molecule has 0 aromatic heterocycles. The monoisotopic (exact) mass is 265 g/mol. The number of nitrogens with one attached hydrogen (secondary N) is 1. The fraction of sp³-hybridized carbons (Fsp3) is 1.00. The van der Waals surface area contributed by atoms with Crippen molar-refractivity contribution in [2.45, 2.75) is 95.3 Å².